The Bertz CT molecular complexity index is 1510. The SMILES string of the molecule is COc1ccc(P(c2ccc(OC)cc2)c2cc(C(C)(C)C)cc3c2Oc2ccc(C(C)(C)C)cc2C3(C)C)cc1. The van der Waals surface area contributed by atoms with Crippen molar-refractivity contribution in [3.8, 4) is 23.0 Å². The first-order chi connectivity index (χ1) is 19.2. The molecule has 4 aromatic rings. The molecule has 0 atom stereocenters. The molecule has 0 aromatic heterocycles. The molecule has 0 saturated carbocycles. The highest BCUT2D eigenvalue weighted by molar-refractivity contribution is 7.80. The van der Waals surface area contributed by atoms with Crippen LogP contribution in [0.1, 0.15) is 77.6 Å². The minimum absolute atomic E-state index is 0.0335. The Kier molecular flexibility index (Phi) is 7.49. The van der Waals surface area contributed by atoms with Crippen molar-refractivity contribution in [1.82, 2.24) is 0 Å². The van der Waals surface area contributed by atoms with E-state index in [0.717, 1.165) is 23.0 Å². The van der Waals surface area contributed by atoms with Crippen LogP contribution in [0.4, 0.5) is 0 Å². The van der Waals surface area contributed by atoms with Crippen molar-refractivity contribution in [2.45, 2.75) is 71.6 Å². The van der Waals surface area contributed by atoms with E-state index >= 15 is 0 Å². The van der Waals surface area contributed by atoms with E-state index in [4.69, 9.17) is 14.2 Å². The van der Waals surface area contributed by atoms with Gasteiger partial charge in [-0.2, -0.15) is 0 Å². The number of methoxy groups -OCH3 is 2. The molecule has 1 heterocycles. The molecular weight excluding hydrogens is 523 g/mol. The third-order valence-electron chi connectivity index (χ3n) is 8.24. The summed E-state index contributed by atoms with van der Waals surface area (Å²) in [6, 6.07) is 28.6. The van der Waals surface area contributed by atoms with E-state index < -0.39 is 7.92 Å². The summed E-state index contributed by atoms with van der Waals surface area (Å²) in [5, 5.41) is 3.72. The van der Waals surface area contributed by atoms with E-state index in [1.54, 1.807) is 14.2 Å². The van der Waals surface area contributed by atoms with Crippen LogP contribution in [0.2, 0.25) is 0 Å². The zero-order chi connectivity index (χ0) is 29.7. The van der Waals surface area contributed by atoms with Crippen molar-refractivity contribution in [3.05, 3.63) is 101 Å². The van der Waals surface area contributed by atoms with Gasteiger partial charge in [-0.25, -0.2) is 0 Å². The normalized spacial score (nSPS) is 14.2. The van der Waals surface area contributed by atoms with Gasteiger partial charge >= 0.3 is 0 Å². The fourth-order valence-corrected chi connectivity index (χ4v) is 7.89. The van der Waals surface area contributed by atoms with Gasteiger partial charge in [-0.15, -0.1) is 0 Å². The molecule has 41 heavy (non-hydrogen) atoms. The highest BCUT2D eigenvalue weighted by Crippen LogP contribution is 2.52. The largest absolute Gasteiger partial charge is 0.497 e. The third kappa shape index (κ3) is 5.50. The van der Waals surface area contributed by atoms with Crippen LogP contribution >= 0.6 is 7.92 Å². The molecule has 0 spiro atoms. The van der Waals surface area contributed by atoms with Gasteiger partial charge in [0.1, 0.15) is 23.0 Å². The van der Waals surface area contributed by atoms with Gasteiger partial charge in [0.15, 0.2) is 0 Å². The minimum atomic E-state index is -0.950. The lowest BCUT2D eigenvalue weighted by Gasteiger charge is -2.39. The minimum Gasteiger partial charge on any atom is -0.497 e. The first kappa shape index (κ1) is 29.2. The Balaban J connectivity index is 1.80. The zero-order valence-corrected chi connectivity index (χ0v) is 27.1. The van der Waals surface area contributed by atoms with Gasteiger partial charge in [-0.1, -0.05) is 97.9 Å². The molecule has 0 saturated heterocycles. The Morgan fingerprint density at radius 3 is 1.56 bits per heavy atom. The van der Waals surface area contributed by atoms with Crippen LogP contribution in [-0.2, 0) is 16.2 Å². The van der Waals surface area contributed by atoms with Crippen LogP contribution in [0.15, 0.2) is 78.9 Å². The smallest absolute Gasteiger partial charge is 0.139 e. The lowest BCUT2D eigenvalue weighted by molar-refractivity contribution is 0.415. The summed E-state index contributed by atoms with van der Waals surface area (Å²) in [6.45, 7) is 18.4. The first-order valence-electron chi connectivity index (χ1n) is 14.3. The monoisotopic (exact) mass is 566 g/mol. The lowest BCUT2D eigenvalue weighted by atomic mass is 9.72. The Morgan fingerprint density at radius 2 is 1.10 bits per heavy atom. The molecule has 0 fully saturated rings. The molecule has 4 aromatic carbocycles. The third-order valence-corrected chi connectivity index (χ3v) is 10.7. The molecule has 0 N–H and O–H groups in total. The maximum absolute atomic E-state index is 6.96. The predicted molar refractivity (Wildman–Crippen MR) is 174 cm³/mol. The van der Waals surface area contributed by atoms with Crippen molar-refractivity contribution in [2.75, 3.05) is 14.2 Å². The molecule has 0 aliphatic carbocycles. The Labute approximate surface area is 247 Å². The van der Waals surface area contributed by atoms with E-state index in [-0.39, 0.29) is 16.2 Å². The molecule has 214 valence electrons. The van der Waals surface area contributed by atoms with Gasteiger partial charge in [-0.05, 0) is 76.9 Å². The molecule has 0 amide bonds. The van der Waals surface area contributed by atoms with Gasteiger partial charge in [0, 0.05) is 21.8 Å². The number of hydrogen-bond donors (Lipinski definition) is 0. The molecule has 1 aliphatic rings. The molecule has 0 bridgehead atoms. The average molecular weight is 567 g/mol. The maximum Gasteiger partial charge on any atom is 0.139 e. The van der Waals surface area contributed by atoms with Crippen LogP contribution in [0.25, 0.3) is 0 Å². The van der Waals surface area contributed by atoms with Crippen molar-refractivity contribution < 1.29 is 14.2 Å². The topological polar surface area (TPSA) is 27.7 Å². The molecule has 5 rings (SSSR count). The molecule has 0 unspecified atom stereocenters. The fourth-order valence-electron chi connectivity index (χ4n) is 5.50. The fraction of sp³-hybridized carbons (Fsp3) is 0.351. The highest BCUT2D eigenvalue weighted by atomic mass is 31.1. The number of ether oxygens (including phenoxy) is 3. The van der Waals surface area contributed by atoms with E-state index in [1.807, 2.05) is 0 Å². The summed E-state index contributed by atoms with van der Waals surface area (Å²) in [6.07, 6.45) is 0. The van der Waals surface area contributed by atoms with Crippen LogP contribution < -0.4 is 30.1 Å². The number of fused-ring (bicyclic) bond motifs is 2. The summed E-state index contributed by atoms with van der Waals surface area (Å²) in [5.41, 5.74) is 4.91. The van der Waals surface area contributed by atoms with E-state index in [1.165, 1.54) is 38.2 Å². The summed E-state index contributed by atoms with van der Waals surface area (Å²) in [5.74, 6) is 3.63. The Morgan fingerprint density at radius 1 is 0.610 bits per heavy atom. The van der Waals surface area contributed by atoms with Crippen LogP contribution in [0.3, 0.4) is 0 Å². The number of hydrogen-bond acceptors (Lipinski definition) is 3. The first-order valence-corrected chi connectivity index (χ1v) is 15.7. The predicted octanol–water partition coefficient (Wildman–Crippen LogP) is 8.49. The van der Waals surface area contributed by atoms with Crippen molar-refractivity contribution in [2.24, 2.45) is 0 Å². The molecule has 4 heteroatoms. The van der Waals surface area contributed by atoms with Gasteiger partial charge in [-0.3, -0.25) is 0 Å². The van der Waals surface area contributed by atoms with Gasteiger partial charge < -0.3 is 14.2 Å². The summed E-state index contributed by atoms with van der Waals surface area (Å²) >= 11 is 0. The second-order valence-corrected chi connectivity index (χ2v) is 15.7. The van der Waals surface area contributed by atoms with Crippen molar-refractivity contribution >= 4 is 23.8 Å². The standard InChI is InChI=1S/C37H43O3P/c1-35(2,3)24-11-20-32-30(21-24)37(7,8)31-22-25(36(4,5)6)23-33(34(31)40-32)41(28-16-12-26(38-9)13-17-28)29-18-14-27(39-10)15-19-29/h11-23H,1-10H3. The van der Waals surface area contributed by atoms with Crippen molar-refractivity contribution in [3.63, 3.8) is 0 Å². The van der Waals surface area contributed by atoms with E-state index in [9.17, 15) is 0 Å². The Hall–Kier alpha value is -3.29. The van der Waals surface area contributed by atoms with Gasteiger partial charge in [0.05, 0.1) is 14.2 Å². The van der Waals surface area contributed by atoms with Gasteiger partial charge in [0.2, 0.25) is 0 Å². The van der Waals surface area contributed by atoms with Crippen LogP contribution in [0.5, 0.6) is 23.0 Å². The average Bonchev–Trinajstić information content (AvgIpc) is 2.93. The molecule has 3 nitrogen and oxygen atoms in total. The number of rotatable bonds is 5. The summed E-state index contributed by atoms with van der Waals surface area (Å²) in [4.78, 5) is 0. The highest BCUT2D eigenvalue weighted by Gasteiger charge is 2.39. The second kappa shape index (κ2) is 10.5. The lowest BCUT2D eigenvalue weighted by Crippen LogP contribution is -2.32. The summed E-state index contributed by atoms with van der Waals surface area (Å²) in [7, 11) is 2.47. The van der Waals surface area contributed by atoms with E-state index in [2.05, 4.69) is 134 Å². The molecular formula is C37H43O3P. The second-order valence-electron chi connectivity index (χ2n) is 13.5. The van der Waals surface area contributed by atoms with E-state index in [0.29, 0.717) is 0 Å². The summed E-state index contributed by atoms with van der Waals surface area (Å²) < 4.78 is 18.0. The van der Waals surface area contributed by atoms with Gasteiger partial charge in [0.25, 0.3) is 0 Å². The number of benzene rings is 4. The van der Waals surface area contributed by atoms with Crippen molar-refractivity contribution in [1.29, 1.82) is 0 Å². The van der Waals surface area contributed by atoms with Crippen LogP contribution in [0, 0.1) is 0 Å². The zero-order valence-electron chi connectivity index (χ0n) is 26.2. The molecule has 1 aliphatic heterocycles. The molecule has 0 radical (unpaired) electrons. The maximum atomic E-state index is 6.96. The van der Waals surface area contributed by atoms with Crippen LogP contribution in [-0.4, -0.2) is 14.2 Å². The quantitative estimate of drug-likeness (QED) is 0.227.